The van der Waals surface area contributed by atoms with Gasteiger partial charge in [-0.15, -0.1) is 0 Å². The van der Waals surface area contributed by atoms with E-state index >= 15 is 0 Å². The fourth-order valence-corrected chi connectivity index (χ4v) is 2.00. The summed E-state index contributed by atoms with van der Waals surface area (Å²) in [5.74, 6) is 0.589. The van der Waals surface area contributed by atoms with Crippen LogP contribution in [-0.4, -0.2) is 60.4 Å². The lowest BCUT2D eigenvalue weighted by molar-refractivity contribution is 0.1000. The number of anilines is 1. The molecule has 1 aliphatic heterocycles. The van der Waals surface area contributed by atoms with Crippen LogP contribution in [0.5, 0.6) is 0 Å². The Bertz CT molecular complexity index is 440. The number of nitrogens with zero attached hydrogens (tertiary/aromatic N) is 4. The number of Topliss-reactive ketones (excluding diaryl/α,β-unsaturated/α-hetero) is 1. The van der Waals surface area contributed by atoms with E-state index in [1.165, 1.54) is 0 Å². The van der Waals surface area contributed by atoms with Gasteiger partial charge in [0.25, 0.3) is 0 Å². The quantitative estimate of drug-likeness (QED) is 0.740. The molecule has 6 heteroatoms. The first-order valence-electron chi connectivity index (χ1n) is 6.12. The number of carbonyl (C=O) groups excluding carboxylic acids is 1. The van der Waals surface area contributed by atoms with Crippen molar-refractivity contribution in [3.8, 4) is 0 Å². The average molecular weight is 249 g/mol. The highest BCUT2D eigenvalue weighted by Crippen LogP contribution is 2.13. The summed E-state index contributed by atoms with van der Waals surface area (Å²) in [6.45, 7) is 5.67. The molecule has 0 atom stereocenters. The summed E-state index contributed by atoms with van der Waals surface area (Å²) >= 11 is 0. The molecule has 1 aromatic heterocycles. The molecule has 0 aromatic carbocycles. The Morgan fingerprint density at radius 3 is 2.61 bits per heavy atom. The zero-order valence-corrected chi connectivity index (χ0v) is 10.9. The van der Waals surface area contributed by atoms with Crippen molar-refractivity contribution in [3.63, 3.8) is 0 Å². The van der Waals surface area contributed by atoms with E-state index in [1.807, 2.05) is 6.92 Å². The van der Waals surface area contributed by atoms with E-state index in [-0.39, 0.29) is 12.3 Å². The molecule has 6 nitrogen and oxygen atoms in total. The number of ketones is 1. The van der Waals surface area contributed by atoms with Gasteiger partial charge < -0.3 is 15.5 Å². The molecule has 0 aliphatic carbocycles. The van der Waals surface area contributed by atoms with E-state index in [0.717, 1.165) is 26.2 Å². The van der Waals surface area contributed by atoms with Crippen LogP contribution >= 0.6 is 0 Å². The Morgan fingerprint density at radius 2 is 2.06 bits per heavy atom. The molecular weight excluding hydrogens is 230 g/mol. The first-order chi connectivity index (χ1) is 8.61. The molecule has 0 unspecified atom stereocenters. The Kier molecular flexibility index (Phi) is 3.88. The van der Waals surface area contributed by atoms with Gasteiger partial charge in [-0.05, 0) is 14.0 Å². The van der Waals surface area contributed by atoms with Gasteiger partial charge in [0.2, 0.25) is 5.95 Å². The minimum Gasteiger partial charge on any atom is -0.338 e. The van der Waals surface area contributed by atoms with Crippen LogP contribution in [0.4, 0.5) is 5.95 Å². The van der Waals surface area contributed by atoms with E-state index in [9.17, 15) is 4.79 Å². The molecule has 1 aliphatic rings. The number of hydrogen-bond acceptors (Lipinski definition) is 6. The number of piperazine rings is 1. The molecule has 0 amide bonds. The molecule has 0 radical (unpaired) electrons. The normalized spacial score (nSPS) is 16.9. The summed E-state index contributed by atoms with van der Waals surface area (Å²) in [7, 11) is 2.10. The topological polar surface area (TPSA) is 75.4 Å². The van der Waals surface area contributed by atoms with Gasteiger partial charge in [-0.25, -0.2) is 9.97 Å². The third kappa shape index (κ3) is 2.65. The van der Waals surface area contributed by atoms with E-state index in [4.69, 9.17) is 5.73 Å². The Labute approximate surface area is 107 Å². The zero-order chi connectivity index (χ0) is 13.1. The van der Waals surface area contributed by atoms with E-state index in [2.05, 4.69) is 26.8 Å². The van der Waals surface area contributed by atoms with Gasteiger partial charge in [-0.2, -0.15) is 0 Å². The van der Waals surface area contributed by atoms with E-state index in [0.29, 0.717) is 17.2 Å². The SMILES string of the molecule is Cc1nc(N2CCN(C)CC2)ncc1C(=O)CN. The number of nitrogens with two attached hydrogens (primary N) is 1. The van der Waals surface area contributed by atoms with Crippen molar-refractivity contribution in [2.45, 2.75) is 6.92 Å². The smallest absolute Gasteiger partial charge is 0.225 e. The highest BCUT2D eigenvalue weighted by Gasteiger charge is 2.18. The van der Waals surface area contributed by atoms with Gasteiger partial charge in [-0.1, -0.05) is 0 Å². The number of likely N-dealkylation sites (N-methyl/N-ethyl adjacent to an activating group) is 1. The number of hydrogen-bond donors (Lipinski definition) is 1. The minimum atomic E-state index is -0.113. The molecule has 2 N–H and O–H groups in total. The lowest BCUT2D eigenvalue weighted by Gasteiger charge is -2.32. The third-order valence-corrected chi connectivity index (χ3v) is 3.24. The average Bonchev–Trinajstić information content (AvgIpc) is 2.38. The summed E-state index contributed by atoms with van der Waals surface area (Å²) in [5, 5.41) is 0. The van der Waals surface area contributed by atoms with E-state index < -0.39 is 0 Å². The monoisotopic (exact) mass is 249 g/mol. The van der Waals surface area contributed by atoms with Gasteiger partial charge in [0.1, 0.15) is 0 Å². The van der Waals surface area contributed by atoms with Crippen molar-refractivity contribution >= 4 is 11.7 Å². The second-order valence-corrected chi connectivity index (χ2v) is 4.59. The highest BCUT2D eigenvalue weighted by molar-refractivity contribution is 5.98. The Hall–Kier alpha value is -1.53. The fourth-order valence-electron chi connectivity index (χ4n) is 2.00. The minimum absolute atomic E-state index is 0.00193. The van der Waals surface area contributed by atoms with E-state index in [1.54, 1.807) is 6.20 Å². The highest BCUT2D eigenvalue weighted by atomic mass is 16.1. The second kappa shape index (κ2) is 5.41. The first-order valence-corrected chi connectivity index (χ1v) is 6.12. The summed E-state index contributed by atoms with van der Waals surface area (Å²) in [5.41, 5.74) is 6.57. The predicted octanol–water partition coefficient (Wildman–Crippen LogP) is -0.322. The molecule has 18 heavy (non-hydrogen) atoms. The molecule has 0 bridgehead atoms. The fraction of sp³-hybridized carbons (Fsp3) is 0.583. The Balaban J connectivity index is 2.16. The second-order valence-electron chi connectivity index (χ2n) is 4.59. The largest absolute Gasteiger partial charge is 0.338 e. The lowest BCUT2D eigenvalue weighted by Crippen LogP contribution is -2.45. The molecule has 2 rings (SSSR count). The molecule has 1 fully saturated rings. The van der Waals surface area contributed by atoms with Crippen molar-refractivity contribution in [2.75, 3.05) is 44.7 Å². The summed E-state index contributed by atoms with van der Waals surface area (Å²) < 4.78 is 0. The molecule has 1 aromatic rings. The number of aryl methyl sites for hydroxylation is 1. The van der Waals surface area contributed by atoms with Gasteiger partial charge in [0.05, 0.1) is 17.8 Å². The van der Waals surface area contributed by atoms with Crippen LogP contribution in [0.25, 0.3) is 0 Å². The predicted molar refractivity (Wildman–Crippen MR) is 69.9 cm³/mol. The molecule has 0 saturated carbocycles. The van der Waals surface area contributed by atoms with Crippen molar-refractivity contribution in [1.29, 1.82) is 0 Å². The van der Waals surface area contributed by atoms with Gasteiger partial charge in [0, 0.05) is 32.4 Å². The maximum Gasteiger partial charge on any atom is 0.225 e. The van der Waals surface area contributed by atoms with Crippen LogP contribution in [0.1, 0.15) is 16.1 Å². The van der Waals surface area contributed by atoms with Crippen LogP contribution in [0.3, 0.4) is 0 Å². The number of carbonyl (C=O) groups is 1. The van der Waals surface area contributed by atoms with Gasteiger partial charge in [-0.3, -0.25) is 4.79 Å². The summed E-state index contributed by atoms with van der Waals surface area (Å²) in [6.07, 6.45) is 1.59. The lowest BCUT2D eigenvalue weighted by atomic mass is 10.1. The van der Waals surface area contributed by atoms with Crippen LogP contribution in [0.15, 0.2) is 6.20 Å². The molecule has 98 valence electrons. The van der Waals surface area contributed by atoms with Gasteiger partial charge >= 0.3 is 0 Å². The Morgan fingerprint density at radius 1 is 1.39 bits per heavy atom. The van der Waals surface area contributed by atoms with Crippen molar-refractivity contribution < 1.29 is 4.79 Å². The molecule has 2 heterocycles. The van der Waals surface area contributed by atoms with Crippen molar-refractivity contribution in [3.05, 3.63) is 17.5 Å². The van der Waals surface area contributed by atoms with Crippen LogP contribution in [0.2, 0.25) is 0 Å². The number of rotatable bonds is 3. The first kappa shape index (κ1) is 12.9. The maximum atomic E-state index is 11.5. The summed E-state index contributed by atoms with van der Waals surface area (Å²) in [6, 6.07) is 0. The van der Waals surface area contributed by atoms with Gasteiger partial charge in [0.15, 0.2) is 5.78 Å². The maximum absolute atomic E-state index is 11.5. The molecular formula is C12H19N5O. The zero-order valence-electron chi connectivity index (χ0n) is 10.9. The van der Waals surface area contributed by atoms with Crippen LogP contribution in [0, 0.1) is 6.92 Å². The third-order valence-electron chi connectivity index (χ3n) is 3.24. The van der Waals surface area contributed by atoms with Crippen molar-refractivity contribution in [1.82, 2.24) is 14.9 Å². The number of aromatic nitrogens is 2. The molecule has 1 saturated heterocycles. The summed E-state index contributed by atoms with van der Waals surface area (Å²) in [4.78, 5) is 24.6. The molecule has 0 spiro atoms. The van der Waals surface area contributed by atoms with Crippen molar-refractivity contribution in [2.24, 2.45) is 5.73 Å². The van der Waals surface area contributed by atoms with Crippen LogP contribution in [-0.2, 0) is 0 Å². The van der Waals surface area contributed by atoms with Crippen LogP contribution < -0.4 is 10.6 Å². The standard InChI is InChI=1S/C12H19N5O/c1-9-10(11(18)7-13)8-14-12(15-9)17-5-3-16(2)4-6-17/h8H,3-7,13H2,1-2H3.